The highest BCUT2D eigenvalue weighted by molar-refractivity contribution is 5.76. The van der Waals surface area contributed by atoms with E-state index in [1.807, 2.05) is 71.9 Å². The maximum absolute atomic E-state index is 12.6. The standard InChI is InChI=1S/C25H27N7O/c1-29-8-10-32(11-9-29)24(33)18-31-7-6-21(17-31)22-13-26-25(27-14-22)20-5-3-4-19(12-20)23-15-28-30(2)16-23/h3-7,12-17H,8-11,18H2,1-2H3. The van der Waals surface area contributed by atoms with Gasteiger partial charge in [0.15, 0.2) is 5.82 Å². The third-order valence-corrected chi connectivity index (χ3v) is 6.07. The number of rotatable bonds is 5. The lowest BCUT2D eigenvalue weighted by atomic mass is 10.1. The average Bonchev–Trinajstić information content (AvgIpc) is 3.49. The van der Waals surface area contributed by atoms with Gasteiger partial charge in [-0.3, -0.25) is 9.48 Å². The van der Waals surface area contributed by atoms with Crippen LogP contribution in [0.2, 0.25) is 0 Å². The summed E-state index contributed by atoms with van der Waals surface area (Å²) in [6.45, 7) is 3.79. The molecule has 0 aliphatic carbocycles. The predicted molar refractivity (Wildman–Crippen MR) is 127 cm³/mol. The first-order valence-electron chi connectivity index (χ1n) is 11.1. The molecule has 4 heterocycles. The Morgan fingerprint density at radius 2 is 1.61 bits per heavy atom. The average molecular weight is 442 g/mol. The van der Waals surface area contributed by atoms with Gasteiger partial charge in [0, 0.05) is 86.5 Å². The number of benzene rings is 1. The predicted octanol–water partition coefficient (Wildman–Crippen LogP) is 2.79. The lowest BCUT2D eigenvalue weighted by Gasteiger charge is -2.32. The van der Waals surface area contributed by atoms with E-state index in [4.69, 9.17) is 0 Å². The zero-order valence-electron chi connectivity index (χ0n) is 18.9. The van der Waals surface area contributed by atoms with Crippen LogP contribution < -0.4 is 0 Å². The number of hydrogen-bond acceptors (Lipinski definition) is 5. The van der Waals surface area contributed by atoms with Crippen molar-refractivity contribution in [3.63, 3.8) is 0 Å². The molecule has 1 aliphatic heterocycles. The second-order valence-corrected chi connectivity index (χ2v) is 8.54. The summed E-state index contributed by atoms with van der Waals surface area (Å²) in [7, 11) is 4.00. The van der Waals surface area contributed by atoms with E-state index >= 15 is 0 Å². The van der Waals surface area contributed by atoms with E-state index in [-0.39, 0.29) is 5.91 Å². The van der Waals surface area contributed by atoms with Crippen molar-refractivity contribution in [1.29, 1.82) is 0 Å². The monoisotopic (exact) mass is 441 g/mol. The van der Waals surface area contributed by atoms with Crippen molar-refractivity contribution in [3.05, 3.63) is 67.5 Å². The van der Waals surface area contributed by atoms with Crippen molar-refractivity contribution >= 4 is 5.91 Å². The van der Waals surface area contributed by atoms with E-state index in [1.54, 1.807) is 4.68 Å². The number of carbonyl (C=O) groups excluding carboxylic acids is 1. The molecule has 8 nitrogen and oxygen atoms in total. The van der Waals surface area contributed by atoms with Gasteiger partial charge in [0.05, 0.1) is 6.20 Å². The minimum absolute atomic E-state index is 0.158. The molecule has 1 amide bonds. The van der Waals surface area contributed by atoms with E-state index in [1.165, 1.54) is 0 Å². The summed E-state index contributed by atoms with van der Waals surface area (Å²) in [6.07, 6.45) is 11.4. The molecular formula is C25H27N7O. The molecule has 0 bridgehead atoms. The van der Waals surface area contributed by atoms with E-state index < -0.39 is 0 Å². The lowest BCUT2D eigenvalue weighted by Crippen LogP contribution is -2.48. The molecule has 33 heavy (non-hydrogen) atoms. The van der Waals surface area contributed by atoms with Gasteiger partial charge < -0.3 is 14.4 Å². The smallest absolute Gasteiger partial charge is 0.242 e. The van der Waals surface area contributed by atoms with Crippen molar-refractivity contribution < 1.29 is 4.79 Å². The number of piperazine rings is 1. The lowest BCUT2D eigenvalue weighted by molar-refractivity contribution is -0.133. The summed E-state index contributed by atoms with van der Waals surface area (Å²) in [5, 5.41) is 4.25. The summed E-state index contributed by atoms with van der Waals surface area (Å²) in [6, 6.07) is 10.1. The van der Waals surface area contributed by atoms with Crippen molar-refractivity contribution in [2.45, 2.75) is 6.54 Å². The van der Waals surface area contributed by atoms with Crippen LogP contribution in [0.15, 0.2) is 67.5 Å². The highest BCUT2D eigenvalue weighted by Gasteiger charge is 2.19. The van der Waals surface area contributed by atoms with E-state index in [0.29, 0.717) is 12.4 Å². The van der Waals surface area contributed by atoms with Crippen LogP contribution in [0.25, 0.3) is 33.6 Å². The van der Waals surface area contributed by atoms with Gasteiger partial charge in [0.2, 0.25) is 5.91 Å². The summed E-state index contributed by atoms with van der Waals surface area (Å²) >= 11 is 0. The van der Waals surface area contributed by atoms with Gasteiger partial charge in [-0.1, -0.05) is 18.2 Å². The minimum Gasteiger partial charge on any atom is -0.344 e. The maximum atomic E-state index is 12.6. The Hall–Kier alpha value is -3.78. The molecule has 0 unspecified atom stereocenters. The van der Waals surface area contributed by atoms with Crippen LogP contribution in [0.5, 0.6) is 0 Å². The Balaban J connectivity index is 1.28. The number of likely N-dealkylation sites (N-methyl/N-ethyl adjacent to an activating group) is 1. The summed E-state index contributed by atoms with van der Waals surface area (Å²) in [5.74, 6) is 0.833. The molecule has 1 aliphatic rings. The van der Waals surface area contributed by atoms with Crippen molar-refractivity contribution in [1.82, 2.24) is 34.1 Å². The quantitative estimate of drug-likeness (QED) is 0.476. The van der Waals surface area contributed by atoms with Crippen LogP contribution in [-0.4, -0.2) is 73.2 Å². The molecule has 0 atom stereocenters. The zero-order valence-corrected chi connectivity index (χ0v) is 18.9. The van der Waals surface area contributed by atoms with E-state index in [0.717, 1.165) is 54.0 Å². The Labute approximate surface area is 193 Å². The zero-order chi connectivity index (χ0) is 22.8. The maximum Gasteiger partial charge on any atom is 0.242 e. The number of aryl methyl sites for hydroxylation is 1. The highest BCUT2D eigenvalue weighted by Crippen LogP contribution is 2.25. The molecule has 1 fully saturated rings. The third kappa shape index (κ3) is 4.70. The Kier molecular flexibility index (Phi) is 5.75. The van der Waals surface area contributed by atoms with Crippen LogP contribution in [0.1, 0.15) is 0 Å². The third-order valence-electron chi connectivity index (χ3n) is 6.07. The fourth-order valence-corrected chi connectivity index (χ4v) is 4.06. The van der Waals surface area contributed by atoms with E-state index in [2.05, 4.69) is 39.1 Å². The second kappa shape index (κ2) is 8.99. The number of nitrogens with zero attached hydrogens (tertiary/aromatic N) is 7. The summed E-state index contributed by atoms with van der Waals surface area (Å²) in [4.78, 5) is 26.0. The molecule has 168 valence electrons. The van der Waals surface area contributed by atoms with Crippen LogP contribution in [0.4, 0.5) is 0 Å². The van der Waals surface area contributed by atoms with Crippen LogP contribution >= 0.6 is 0 Å². The first-order valence-corrected chi connectivity index (χ1v) is 11.1. The first-order chi connectivity index (χ1) is 16.0. The summed E-state index contributed by atoms with van der Waals surface area (Å²) in [5.41, 5.74) is 5.02. The minimum atomic E-state index is 0.158. The molecule has 0 N–H and O–H groups in total. The molecule has 0 spiro atoms. The van der Waals surface area contributed by atoms with Crippen molar-refractivity contribution in [2.75, 3.05) is 33.2 Å². The normalized spacial score (nSPS) is 14.5. The van der Waals surface area contributed by atoms with Gasteiger partial charge in [-0.15, -0.1) is 0 Å². The highest BCUT2D eigenvalue weighted by atomic mass is 16.2. The van der Waals surface area contributed by atoms with Gasteiger partial charge in [0.25, 0.3) is 0 Å². The fraction of sp³-hybridized carbons (Fsp3) is 0.280. The molecule has 1 saturated heterocycles. The molecule has 1 aromatic carbocycles. The van der Waals surface area contributed by atoms with Crippen molar-refractivity contribution in [2.24, 2.45) is 7.05 Å². The molecule has 4 aromatic rings. The Morgan fingerprint density at radius 3 is 2.33 bits per heavy atom. The van der Waals surface area contributed by atoms with Gasteiger partial charge in [0.1, 0.15) is 6.54 Å². The Morgan fingerprint density at radius 1 is 0.848 bits per heavy atom. The second-order valence-electron chi connectivity index (χ2n) is 8.54. The number of aromatic nitrogens is 5. The van der Waals surface area contributed by atoms with E-state index in [9.17, 15) is 4.79 Å². The number of carbonyl (C=O) groups is 1. The van der Waals surface area contributed by atoms with Crippen LogP contribution in [0.3, 0.4) is 0 Å². The van der Waals surface area contributed by atoms with Gasteiger partial charge in [-0.2, -0.15) is 5.10 Å². The largest absolute Gasteiger partial charge is 0.344 e. The van der Waals surface area contributed by atoms with Gasteiger partial charge >= 0.3 is 0 Å². The topological polar surface area (TPSA) is 72.1 Å². The molecule has 3 aromatic heterocycles. The SMILES string of the molecule is CN1CCN(C(=O)Cn2ccc(-c3cnc(-c4cccc(-c5cnn(C)c5)c4)nc3)c2)CC1. The molecule has 0 radical (unpaired) electrons. The van der Waals surface area contributed by atoms with Crippen LogP contribution in [0, 0.1) is 0 Å². The number of hydrogen-bond donors (Lipinski definition) is 0. The first kappa shape index (κ1) is 21.1. The molecular weight excluding hydrogens is 414 g/mol. The van der Waals surface area contributed by atoms with Gasteiger partial charge in [-0.05, 0) is 24.7 Å². The molecule has 5 rings (SSSR count). The van der Waals surface area contributed by atoms with Gasteiger partial charge in [-0.25, -0.2) is 9.97 Å². The summed E-state index contributed by atoms with van der Waals surface area (Å²) < 4.78 is 3.72. The molecule has 8 heteroatoms. The fourth-order valence-electron chi connectivity index (χ4n) is 4.06. The molecule has 0 saturated carbocycles. The van der Waals surface area contributed by atoms with Crippen LogP contribution in [-0.2, 0) is 18.4 Å². The van der Waals surface area contributed by atoms with Crippen molar-refractivity contribution in [3.8, 4) is 33.6 Å². The Bertz CT molecular complexity index is 1250. The number of amides is 1.